The number of allylic oxidation sites excluding steroid dienone is 2. The van der Waals surface area contributed by atoms with Crippen molar-refractivity contribution in [3.63, 3.8) is 0 Å². The van der Waals surface area contributed by atoms with Gasteiger partial charge in [0.2, 0.25) is 17.7 Å². The molecule has 0 aliphatic carbocycles. The first kappa shape index (κ1) is 63.3. The maximum Gasteiger partial charge on any atom is 0.325 e. The number of urea groups is 1. The summed E-state index contributed by atoms with van der Waals surface area (Å²) in [6.07, 6.45) is 4.33. The number of carbonyl (C=O) groups excluding carboxylic acids is 5. The molecule has 1 aliphatic heterocycles. The zero-order chi connectivity index (χ0) is 55.1. The summed E-state index contributed by atoms with van der Waals surface area (Å²) in [7, 11) is 11.4. The van der Waals surface area contributed by atoms with Gasteiger partial charge in [0.05, 0.1) is 36.6 Å². The lowest BCUT2D eigenvalue weighted by atomic mass is 9.93. The normalized spacial score (nSPS) is 24.8. The number of aliphatic hydroxyl groups is 1. The lowest BCUT2D eigenvalue weighted by molar-refractivity contribution is -0.143. The standard InChI is InChI=1S/C54H95N11O6/c1-25-26-27-36(10)50(67)49-52(69)57-41(15)59(18)31-47(66)63(22)46(30-34(6)7)51(68)58-48(35(8)9)53(70)64(23)44(28-32(2)3)39(13)55-37(11)38(12)56-42(16)61(20)45(29-33(4)5)40(14)60(19)43(17)62(21)54(71)65(49)24/h25-26,32-37,44-46,48-50,55-56,67H,12-17,27-31H2,1-11,18-24H3,(H,57,69)(H,58,68)/b26-25+/t36?,37?,44?,45?,46?,48?,49?,50-/m1/s1. The van der Waals surface area contributed by atoms with Gasteiger partial charge in [0.15, 0.2) is 0 Å². The van der Waals surface area contributed by atoms with Crippen LogP contribution in [0.15, 0.2) is 86.2 Å². The molecule has 8 atom stereocenters. The van der Waals surface area contributed by atoms with Crippen molar-refractivity contribution < 1.29 is 29.1 Å². The quantitative estimate of drug-likeness (QED) is 0.153. The Morgan fingerprint density at radius 3 is 1.66 bits per heavy atom. The molecular weight excluding hydrogens is 899 g/mol. The van der Waals surface area contributed by atoms with Crippen LogP contribution in [0.1, 0.15) is 102 Å². The van der Waals surface area contributed by atoms with Gasteiger partial charge in [0.1, 0.15) is 29.8 Å². The molecule has 0 aromatic heterocycles. The lowest BCUT2D eigenvalue weighted by Gasteiger charge is -2.41. The van der Waals surface area contributed by atoms with Gasteiger partial charge in [-0.1, -0.05) is 114 Å². The van der Waals surface area contributed by atoms with Gasteiger partial charge < -0.3 is 55.8 Å². The van der Waals surface area contributed by atoms with Crippen LogP contribution in [-0.2, 0) is 19.2 Å². The summed E-state index contributed by atoms with van der Waals surface area (Å²) in [5.41, 5.74) is 1.78. The van der Waals surface area contributed by atoms with Crippen molar-refractivity contribution in [3.8, 4) is 0 Å². The zero-order valence-electron chi connectivity index (χ0n) is 47.0. The Morgan fingerprint density at radius 2 is 1.15 bits per heavy atom. The molecule has 6 amide bonds. The Labute approximate surface area is 428 Å². The highest BCUT2D eigenvalue weighted by atomic mass is 16.3. The molecule has 1 saturated heterocycles. The van der Waals surface area contributed by atoms with Crippen molar-refractivity contribution in [2.75, 3.05) is 55.9 Å². The van der Waals surface area contributed by atoms with E-state index in [1.807, 2.05) is 65.6 Å². The van der Waals surface area contributed by atoms with E-state index in [4.69, 9.17) is 0 Å². The van der Waals surface area contributed by atoms with Crippen molar-refractivity contribution in [3.05, 3.63) is 86.2 Å². The highest BCUT2D eigenvalue weighted by Crippen LogP contribution is 2.27. The van der Waals surface area contributed by atoms with E-state index in [0.717, 1.165) is 0 Å². The van der Waals surface area contributed by atoms with E-state index in [2.05, 4.69) is 88.4 Å². The van der Waals surface area contributed by atoms with Crippen LogP contribution >= 0.6 is 0 Å². The monoisotopic (exact) mass is 994 g/mol. The van der Waals surface area contributed by atoms with Crippen LogP contribution in [0.5, 0.6) is 0 Å². The topological polar surface area (TPSA) is 176 Å². The molecule has 17 nitrogen and oxygen atoms in total. The molecule has 71 heavy (non-hydrogen) atoms. The number of hydrogen-bond acceptors (Lipinski definition) is 11. The molecule has 0 aromatic carbocycles. The molecule has 1 rings (SSSR count). The lowest BCUT2D eigenvalue weighted by Crippen LogP contribution is -2.59. The Bertz CT molecular complexity index is 1960. The average Bonchev–Trinajstić information content (AvgIpc) is 3.29. The Hall–Kier alpha value is -5.71. The van der Waals surface area contributed by atoms with Crippen molar-refractivity contribution >= 4 is 29.7 Å². The third kappa shape index (κ3) is 17.8. The summed E-state index contributed by atoms with van der Waals surface area (Å²) in [5, 5.41) is 24.4. The zero-order valence-corrected chi connectivity index (χ0v) is 47.0. The third-order valence-corrected chi connectivity index (χ3v) is 13.4. The Morgan fingerprint density at radius 1 is 0.634 bits per heavy atom. The molecule has 0 radical (unpaired) electrons. The molecule has 5 N–H and O–H groups in total. The smallest absolute Gasteiger partial charge is 0.325 e. The molecular formula is C54H95N11O6. The first-order valence-corrected chi connectivity index (χ1v) is 25.0. The van der Waals surface area contributed by atoms with E-state index in [-0.39, 0.29) is 59.8 Å². The SMILES string of the molecule is C=C1NC(=C)N(C)C(CC(C)C)C(=C)N(C)C(=C)N(C)C(=O)N(C)C([C@H](O)C(C)C/C=C/C)C(=O)NC(=C)N(C)CC(=O)N(C)C(CC(C)C)C(=O)NC(C(C)C)C(=O)N(C)C(CC(C)C)C(=C)NC1C. The largest absolute Gasteiger partial charge is 0.390 e. The van der Waals surface area contributed by atoms with Gasteiger partial charge >= 0.3 is 6.03 Å². The van der Waals surface area contributed by atoms with Crippen LogP contribution in [0.25, 0.3) is 0 Å². The van der Waals surface area contributed by atoms with E-state index < -0.39 is 59.9 Å². The number of nitrogens with zero attached hydrogens (tertiary/aromatic N) is 7. The average molecular weight is 994 g/mol. The number of hydrogen-bond donors (Lipinski definition) is 5. The molecule has 1 heterocycles. The van der Waals surface area contributed by atoms with Crippen molar-refractivity contribution in [2.45, 2.75) is 144 Å². The molecule has 0 saturated carbocycles. The van der Waals surface area contributed by atoms with Crippen molar-refractivity contribution in [2.24, 2.45) is 29.6 Å². The van der Waals surface area contributed by atoms with Crippen LogP contribution in [0.2, 0.25) is 0 Å². The Balaban J connectivity index is 4.04. The minimum Gasteiger partial charge on any atom is -0.390 e. The molecule has 1 fully saturated rings. The number of carbonyl (C=O) groups is 5. The second kappa shape index (κ2) is 28.4. The van der Waals surface area contributed by atoms with Crippen LogP contribution in [-0.4, -0.2) is 167 Å². The fraction of sp³-hybridized carbons (Fsp3) is 0.648. The van der Waals surface area contributed by atoms with E-state index in [9.17, 15) is 29.1 Å². The van der Waals surface area contributed by atoms with E-state index in [0.29, 0.717) is 48.6 Å². The fourth-order valence-electron chi connectivity index (χ4n) is 8.34. The minimum absolute atomic E-state index is 0.00830. The summed E-state index contributed by atoms with van der Waals surface area (Å²) < 4.78 is 0. The third-order valence-electron chi connectivity index (χ3n) is 13.4. The molecule has 7 unspecified atom stereocenters. The van der Waals surface area contributed by atoms with Gasteiger partial charge in [0.25, 0.3) is 5.91 Å². The maximum absolute atomic E-state index is 14.6. The molecule has 0 bridgehead atoms. The van der Waals surface area contributed by atoms with E-state index >= 15 is 0 Å². The van der Waals surface area contributed by atoms with Crippen LogP contribution in [0.3, 0.4) is 0 Å². The number of likely N-dealkylation sites (N-methyl/N-ethyl adjacent to an activating group) is 6. The molecule has 0 spiro atoms. The summed E-state index contributed by atoms with van der Waals surface area (Å²) in [5.74, 6) is -1.59. The Kier molecular flexibility index (Phi) is 25.3. The van der Waals surface area contributed by atoms with Gasteiger partial charge in [-0.15, -0.1) is 0 Å². The van der Waals surface area contributed by atoms with Crippen LogP contribution in [0, 0.1) is 29.6 Å². The van der Waals surface area contributed by atoms with Gasteiger partial charge in [0, 0.05) is 66.4 Å². The fourth-order valence-corrected chi connectivity index (χ4v) is 8.34. The minimum atomic E-state index is -1.42. The number of nitrogens with one attached hydrogen (secondary N) is 4. The van der Waals surface area contributed by atoms with Crippen molar-refractivity contribution in [1.82, 2.24) is 55.6 Å². The molecule has 402 valence electrons. The van der Waals surface area contributed by atoms with Crippen LogP contribution in [0.4, 0.5) is 4.79 Å². The summed E-state index contributed by atoms with van der Waals surface area (Å²) in [4.78, 5) is 82.4. The van der Waals surface area contributed by atoms with E-state index in [1.165, 1.54) is 40.7 Å². The maximum atomic E-state index is 14.6. The number of rotatable bonds is 11. The summed E-state index contributed by atoms with van der Waals surface area (Å²) >= 11 is 0. The second-order valence-corrected chi connectivity index (χ2v) is 21.1. The number of amides is 6. The van der Waals surface area contributed by atoms with Crippen molar-refractivity contribution in [1.29, 1.82) is 0 Å². The van der Waals surface area contributed by atoms with Gasteiger partial charge in [-0.2, -0.15) is 0 Å². The highest BCUT2D eigenvalue weighted by Gasteiger charge is 2.40. The first-order chi connectivity index (χ1) is 32.7. The van der Waals surface area contributed by atoms with E-state index in [1.54, 1.807) is 37.9 Å². The van der Waals surface area contributed by atoms with Crippen LogP contribution < -0.4 is 21.3 Å². The predicted molar refractivity (Wildman–Crippen MR) is 288 cm³/mol. The molecule has 1 aliphatic rings. The summed E-state index contributed by atoms with van der Waals surface area (Å²) in [6.45, 7) is 47.1. The first-order valence-electron chi connectivity index (χ1n) is 25.0. The van der Waals surface area contributed by atoms with Gasteiger partial charge in [-0.05, 0) is 69.1 Å². The molecule has 17 heteroatoms. The van der Waals surface area contributed by atoms with Gasteiger partial charge in [-0.3, -0.25) is 24.1 Å². The highest BCUT2D eigenvalue weighted by molar-refractivity contribution is 5.93. The number of aliphatic hydroxyl groups excluding tert-OH is 1. The summed E-state index contributed by atoms with van der Waals surface area (Å²) in [6, 6.07) is -5.13. The van der Waals surface area contributed by atoms with Gasteiger partial charge in [-0.25, -0.2) is 4.79 Å². The predicted octanol–water partition coefficient (Wildman–Crippen LogP) is 6.05. The molecule has 0 aromatic rings. The second-order valence-electron chi connectivity index (χ2n) is 21.1.